The summed E-state index contributed by atoms with van der Waals surface area (Å²) in [5.74, 6) is -0.409. The smallest absolute Gasteiger partial charge is 0.128 e. The van der Waals surface area contributed by atoms with Crippen LogP contribution >= 0.6 is 0 Å². The highest BCUT2D eigenvalue weighted by atomic mass is 19.1. The summed E-state index contributed by atoms with van der Waals surface area (Å²) in [7, 11) is 0. The van der Waals surface area contributed by atoms with E-state index < -0.39 is 11.6 Å². The summed E-state index contributed by atoms with van der Waals surface area (Å²) in [4.78, 5) is 0. The second-order valence-electron chi connectivity index (χ2n) is 4.51. The maximum Gasteiger partial charge on any atom is 0.128 e. The number of rotatable bonds is 3. The maximum atomic E-state index is 13.0. The van der Waals surface area contributed by atoms with Gasteiger partial charge in [0.15, 0.2) is 0 Å². The molecule has 0 saturated heterocycles. The Bertz CT molecular complexity index is 345. The van der Waals surface area contributed by atoms with E-state index in [1.165, 1.54) is 25.0 Å². The Morgan fingerprint density at radius 1 is 1.19 bits per heavy atom. The van der Waals surface area contributed by atoms with Crippen LogP contribution in [0.4, 0.5) is 14.5 Å². The Morgan fingerprint density at radius 2 is 1.88 bits per heavy atom. The summed E-state index contributed by atoms with van der Waals surface area (Å²) in [5, 5.41) is 3.24. The minimum absolute atomic E-state index is 0.367. The Balaban J connectivity index is 2.08. The van der Waals surface area contributed by atoms with Crippen LogP contribution in [0.3, 0.4) is 0 Å². The molecule has 0 aliphatic heterocycles. The Hall–Kier alpha value is -1.12. The van der Waals surface area contributed by atoms with Crippen LogP contribution in [0.1, 0.15) is 32.6 Å². The van der Waals surface area contributed by atoms with Gasteiger partial charge >= 0.3 is 0 Å². The molecule has 3 heteroatoms. The summed E-state index contributed by atoms with van der Waals surface area (Å²) in [6.07, 6.45) is 4.63. The molecule has 0 spiro atoms. The number of halogens is 2. The van der Waals surface area contributed by atoms with Crippen LogP contribution in [0.2, 0.25) is 0 Å². The largest absolute Gasteiger partial charge is 0.382 e. The van der Waals surface area contributed by atoms with E-state index in [1.54, 1.807) is 0 Å². The highest BCUT2D eigenvalue weighted by Gasteiger charge is 2.25. The van der Waals surface area contributed by atoms with Crippen LogP contribution in [0.5, 0.6) is 0 Å². The van der Waals surface area contributed by atoms with E-state index in [2.05, 4.69) is 12.2 Å². The predicted molar refractivity (Wildman–Crippen MR) is 61.4 cm³/mol. The summed E-state index contributed by atoms with van der Waals surface area (Å²) in [6, 6.07) is 3.98. The van der Waals surface area contributed by atoms with E-state index in [0.717, 1.165) is 18.9 Å². The number of hydrogen-bond donors (Lipinski definition) is 1. The topological polar surface area (TPSA) is 12.0 Å². The molecule has 1 fully saturated rings. The van der Waals surface area contributed by atoms with E-state index in [-0.39, 0.29) is 0 Å². The lowest BCUT2D eigenvalue weighted by molar-refractivity contribution is 0.488. The minimum Gasteiger partial charge on any atom is -0.382 e. The molecule has 1 aliphatic rings. The van der Waals surface area contributed by atoms with Crippen molar-refractivity contribution in [3.05, 3.63) is 29.8 Å². The molecular weight excluding hydrogens is 208 g/mol. The average molecular weight is 225 g/mol. The van der Waals surface area contributed by atoms with Crippen molar-refractivity contribution in [3.8, 4) is 0 Å². The molecule has 88 valence electrons. The second kappa shape index (κ2) is 4.81. The zero-order valence-corrected chi connectivity index (χ0v) is 9.47. The molecule has 1 saturated carbocycles. The van der Waals surface area contributed by atoms with E-state index in [0.29, 0.717) is 17.6 Å². The zero-order chi connectivity index (χ0) is 11.5. The molecule has 1 nitrogen and oxygen atoms in total. The molecular formula is C13H17F2N. The second-order valence-corrected chi connectivity index (χ2v) is 4.51. The van der Waals surface area contributed by atoms with Crippen molar-refractivity contribution in [2.75, 3.05) is 5.32 Å². The maximum absolute atomic E-state index is 13.0. The van der Waals surface area contributed by atoms with Gasteiger partial charge < -0.3 is 5.32 Å². The molecule has 1 aromatic rings. The first-order valence-electron chi connectivity index (χ1n) is 5.91. The number of hydrogen-bond acceptors (Lipinski definition) is 1. The molecule has 1 aliphatic carbocycles. The molecule has 2 rings (SSSR count). The summed E-state index contributed by atoms with van der Waals surface area (Å²) in [6.45, 7) is 2.16. The van der Waals surface area contributed by atoms with Crippen LogP contribution in [-0.2, 0) is 0 Å². The summed E-state index contributed by atoms with van der Waals surface area (Å²) >= 11 is 0. The monoisotopic (exact) mass is 225 g/mol. The van der Waals surface area contributed by atoms with Gasteiger partial charge in [-0.25, -0.2) is 8.78 Å². The molecule has 0 aromatic heterocycles. The van der Waals surface area contributed by atoms with Gasteiger partial charge in [-0.2, -0.15) is 0 Å². The fourth-order valence-electron chi connectivity index (χ4n) is 2.57. The van der Waals surface area contributed by atoms with Gasteiger partial charge in [-0.05, 0) is 30.9 Å². The van der Waals surface area contributed by atoms with Crippen LogP contribution in [0.15, 0.2) is 18.2 Å². The minimum atomic E-state index is -0.520. The fourth-order valence-corrected chi connectivity index (χ4v) is 2.57. The molecule has 0 heterocycles. The summed E-state index contributed by atoms with van der Waals surface area (Å²) in [5.41, 5.74) is 0.558. The van der Waals surface area contributed by atoms with E-state index in [4.69, 9.17) is 0 Å². The first-order chi connectivity index (χ1) is 7.69. The van der Waals surface area contributed by atoms with Crippen molar-refractivity contribution in [1.82, 2.24) is 0 Å². The zero-order valence-electron chi connectivity index (χ0n) is 9.47. The Morgan fingerprint density at radius 3 is 2.50 bits per heavy atom. The van der Waals surface area contributed by atoms with Gasteiger partial charge in [0, 0.05) is 17.8 Å². The lowest BCUT2D eigenvalue weighted by atomic mass is 10.0. The number of benzene rings is 1. The van der Waals surface area contributed by atoms with Crippen molar-refractivity contribution in [2.24, 2.45) is 5.92 Å². The summed E-state index contributed by atoms with van der Waals surface area (Å²) < 4.78 is 26.0. The third-order valence-corrected chi connectivity index (χ3v) is 3.40. The first kappa shape index (κ1) is 11.4. The third kappa shape index (κ3) is 2.52. The van der Waals surface area contributed by atoms with Gasteiger partial charge in [0.05, 0.1) is 0 Å². The van der Waals surface area contributed by atoms with Gasteiger partial charge in [-0.1, -0.05) is 19.8 Å². The Labute approximate surface area is 94.9 Å². The van der Waals surface area contributed by atoms with E-state index in [1.807, 2.05) is 0 Å². The normalized spacial score (nSPS) is 24.7. The van der Waals surface area contributed by atoms with Crippen molar-refractivity contribution in [1.29, 1.82) is 0 Å². The number of anilines is 1. The SMILES string of the molecule is CCC1CCCC1Nc1cc(F)cc(F)c1. The molecule has 2 unspecified atom stereocenters. The van der Waals surface area contributed by atoms with Crippen LogP contribution in [0.25, 0.3) is 0 Å². The standard InChI is InChI=1S/C13H17F2N/c1-2-9-4-3-5-13(9)16-12-7-10(14)6-11(15)8-12/h6-9,13,16H,2-5H2,1H3. The van der Waals surface area contributed by atoms with Gasteiger partial charge in [-0.15, -0.1) is 0 Å². The van der Waals surface area contributed by atoms with Gasteiger partial charge in [0.1, 0.15) is 11.6 Å². The molecule has 0 amide bonds. The quantitative estimate of drug-likeness (QED) is 0.821. The highest BCUT2D eigenvalue weighted by Crippen LogP contribution is 2.30. The lowest BCUT2D eigenvalue weighted by Crippen LogP contribution is -2.23. The first-order valence-corrected chi connectivity index (χ1v) is 5.91. The van der Waals surface area contributed by atoms with Crippen molar-refractivity contribution in [3.63, 3.8) is 0 Å². The lowest BCUT2D eigenvalue weighted by Gasteiger charge is -2.20. The molecule has 0 bridgehead atoms. The van der Waals surface area contributed by atoms with Crippen LogP contribution in [-0.4, -0.2) is 6.04 Å². The fraction of sp³-hybridized carbons (Fsp3) is 0.538. The van der Waals surface area contributed by atoms with E-state index >= 15 is 0 Å². The molecule has 1 aromatic carbocycles. The van der Waals surface area contributed by atoms with Gasteiger partial charge in [0.2, 0.25) is 0 Å². The predicted octanol–water partition coefficient (Wildman–Crippen LogP) is 3.96. The van der Waals surface area contributed by atoms with Gasteiger partial charge in [0.25, 0.3) is 0 Å². The van der Waals surface area contributed by atoms with Crippen LogP contribution < -0.4 is 5.32 Å². The average Bonchev–Trinajstić information content (AvgIpc) is 2.63. The molecule has 1 N–H and O–H groups in total. The Kier molecular flexibility index (Phi) is 3.42. The highest BCUT2D eigenvalue weighted by molar-refractivity contribution is 5.44. The number of nitrogens with one attached hydrogen (secondary N) is 1. The van der Waals surface area contributed by atoms with E-state index in [9.17, 15) is 8.78 Å². The van der Waals surface area contributed by atoms with Crippen molar-refractivity contribution < 1.29 is 8.78 Å². The molecule has 2 atom stereocenters. The van der Waals surface area contributed by atoms with Crippen molar-refractivity contribution in [2.45, 2.75) is 38.6 Å². The third-order valence-electron chi connectivity index (χ3n) is 3.40. The molecule has 0 radical (unpaired) electrons. The van der Waals surface area contributed by atoms with Crippen LogP contribution in [0, 0.1) is 17.6 Å². The molecule has 16 heavy (non-hydrogen) atoms. The van der Waals surface area contributed by atoms with Crippen molar-refractivity contribution >= 4 is 5.69 Å². The van der Waals surface area contributed by atoms with Gasteiger partial charge in [-0.3, -0.25) is 0 Å².